The highest BCUT2D eigenvalue weighted by molar-refractivity contribution is 7.80. The monoisotopic (exact) mass is 271 g/mol. The van der Waals surface area contributed by atoms with Gasteiger partial charge >= 0.3 is 0 Å². The minimum Gasteiger partial charge on any atom is -0.388 e. The van der Waals surface area contributed by atoms with Crippen LogP contribution >= 0.6 is 12.2 Å². The zero-order valence-electron chi connectivity index (χ0n) is 10.9. The first-order valence-corrected chi connectivity index (χ1v) is 6.58. The molecule has 1 aromatic heterocycles. The van der Waals surface area contributed by atoms with Crippen LogP contribution < -0.4 is 10.6 Å². The summed E-state index contributed by atoms with van der Waals surface area (Å²) in [6.45, 7) is 0.935. The van der Waals surface area contributed by atoms with Crippen molar-refractivity contribution in [1.29, 1.82) is 0 Å². The van der Waals surface area contributed by atoms with Crippen LogP contribution in [0, 0.1) is 0 Å². The minimum atomic E-state index is 0.332. The lowest BCUT2D eigenvalue weighted by molar-refractivity contribution is 0.875. The summed E-state index contributed by atoms with van der Waals surface area (Å²) in [5.41, 5.74) is 8.67. The summed E-state index contributed by atoms with van der Waals surface area (Å²) in [5, 5.41) is 0. The Bertz CT molecular complexity index is 554. The topological polar surface area (TPSA) is 42.2 Å². The van der Waals surface area contributed by atoms with Crippen molar-refractivity contribution in [2.24, 2.45) is 5.73 Å². The number of aromatic nitrogens is 1. The molecule has 0 aliphatic heterocycles. The Morgan fingerprint density at radius 3 is 2.68 bits per heavy atom. The van der Waals surface area contributed by atoms with Crippen LogP contribution in [-0.2, 0) is 6.42 Å². The summed E-state index contributed by atoms with van der Waals surface area (Å²) in [5.74, 6) is 0. The van der Waals surface area contributed by atoms with Crippen molar-refractivity contribution in [2.75, 3.05) is 18.5 Å². The molecule has 2 rings (SSSR count). The van der Waals surface area contributed by atoms with E-state index in [-0.39, 0.29) is 0 Å². The second kappa shape index (κ2) is 6.29. The molecular weight excluding hydrogens is 254 g/mol. The summed E-state index contributed by atoms with van der Waals surface area (Å²) in [4.78, 5) is 6.66. The first-order chi connectivity index (χ1) is 9.16. The van der Waals surface area contributed by atoms with Crippen molar-refractivity contribution in [3.8, 4) is 0 Å². The summed E-state index contributed by atoms with van der Waals surface area (Å²) >= 11 is 4.95. The molecule has 1 aromatic carbocycles. The quantitative estimate of drug-likeness (QED) is 0.848. The number of thiocarbonyl (C=S) groups is 1. The van der Waals surface area contributed by atoms with Gasteiger partial charge in [0, 0.05) is 25.5 Å². The summed E-state index contributed by atoms with van der Waals surface area (Å²) in [7, 11) is 2.06. The van der Waals surface area contributed by atoms with Crippen molar-refractivity contribution in [3.63, 3.8) is 0 Å². The number of hydrogen-bond acceptors (Lipinski definition) is 3. The molecule has 0 aliphatic rings. The van der Waals surface area contributed by atoms with Gasteiger partial charge in [0.15, 0.2) is 0 Å². The smallest absolute Gasteiger partial charge is 0.122 e. The van der Waals surface area contributed by atoms with E-state index in [0.717, 1.165) is 18.7 Å². The molecule has 19 heavy (non-hydrogen) atoms. The zero-order chi connectivity index (χ0) is 13.7. The average molecular weight is 271 g/mol. The normalized spacial score (nSPS) is 10.2. The van der Waals surface area contributed by atoms with E-state index in [9.17, 15) is 0 Å². The van der Waals surface area contributed by atoms with Crippen LogP contribution in [0.5, 0.6) is 0 Å². The third-order valence-corrected chi connectivity index (χ3v) is 3.22. The van der Waals surface area contributed by atoms with E-state index in [0.29, 0.717) is 10.7 Å². The maximum atomic E-state index is 5.60. The molecule has 0 saturated heterocycles. The van der Waals surface area contributed by atoms with Crippen LogP contribution in [0.15, 0.2) is 48.7 Å². The standard InChI is InChI=1S/C15H17N3S/c1-18(10-8-12-5-3-2-4-6-12)13-7-9-17-14(11-13)15(16)19/h2-7,9,11H,8,10H2,1H3,(H2,16,19). The Morgan fingerprint density at radius 1 is 1.26 bits per heavy atom. The Labute approximate surface area is 119 Å². The molecule has 0 saturated carbocycles. The Balaban J connectivity index is 2.02. The molecule has 0 bridgehead atoms. The van der Waals surface area contributed by atoms with Gasteiger partial charge in [0.1, 0.15) is 4.99 Å². The minimum absolute atomic E-state index is 0.332. The van der Waals surface area contributed by atoms with E-state index in [1.165, 1.54) is 5.56 Å². The fraction of sp³-hybridized carbons (Fsp3) is 0.200. The van der Waals surface area contributed by atoms with Gasteiger partial charge in [-0.1, -0.05) is 42.5 Å². The van der Waals surface area contributed by atoms with E-state index in [2.05, 4.69) is 41.2 Å². The lowest BCUT2D eigenvalue weighted by Gasteiger charge is -2.19. The highest BCUT2D eigenvalue weighted by atomic mass is 32.1. The van der Waals surface area contributed by atoms with Gasteiger partial charge in [-0.15, -0.1) is 0 Å². The second-order valence-electron chi connectivity index (χ2n) is 4.42. The van der Waals surface area contributed by atoms with Gasteiger partial charge in [-0.25, -0.2) is 0 Å². The number of likely N-dealkylation sites (N-methyl/N-ethyl adjacent to an activating group) is 1. The van der Waals surface area contributed by atoms with Crippen LogP contribution in [0.1, 0.15) is 11.3 Å². The number of nitrogens with two attached hydrogens (primary N) is 1. The van der Waals surface area contributed by atoms with Crippen molar-refractivity contribution < 1.29 is 0 Å². The molecule has 0 spiro atoms. The van der Waals surface area contributed by atoms with E-state index in [4.69, 9.17) is 18.0 Å². The van der Waals surface area contributed by atoms with Gasteiger partial charge in [-0.05, 0) is 24.1 Å². The van der Waals surface area contributed by atoms with Crippen LogP contribution in [0.2, 0.25) is 0 Å². The van der Waals surface area contributed by atoms with E-state index >= 15 is 0 Å². The van der Waals surface area contributed by atoms with Crippen LogP contribution in [0.3, 0.4) is 0 Å². The van der Waals surface area contributed by atoms with Crippen LogP contribution in [0.4, 0.5) is 5.69 Å². The number of benzene rings is 1. The summed E-state index contributed by atoms with van der Waals surface area (Å²) < 4.78 is 0. The van der Waals surface area contributed by atoms with Crippen molar-refractivity contribution in [3.05, 3.63) is 59.9 Å². The second-order valence-corrected chi connectivity index (χ2v) is 4.86. The molecule has 2 aromatic rings. The van der Waals surface area contributed by atoms with Gasteiger partial charge in [-0.2, -0.15) is 0 Å². The maximum absolute atomic E-state index is 5.60. The number of nitrogens with zero attached hydrogens (tertiary/aromatic N) is 2. The predicted molar refractivity (Wildman–Crippen MR) is 83.5 cm³/mol. The van der Waals surface area contributed by atoms with Crippen molar-refractivity contribution in [2.45, 2.75) is 6.42 Å². The molecule has 1 heterocycles. The molecule has 0 atom stereocenters. The van der Waals surface area contributed by atoms with Gasteiger partial charge in [0.05, 0.1) is 5.69 Å². The third-order valence-electron chi connectivity index (χ3n) is 3.02. The molecule has 98 valence electrons. The molecule has 3 nitrogen and oxygen atoms in total. The molecular formula is C15H17N3S. The molecule has 0 fully saturated rings. The lowest BCUT2D eigenvalue weighted by atomic mass is 10.1. The zero-order valence-corrected chi connectivity index (χ0v) is 11.7. The Morgan fingerprint density at radius 2 is 2.00 bits per heavy atom. The average Bonchev–Trinajstić information content (AvgIpc) is 2.46. The first-order valence-electron chi connectivity index (χ1n) is 6.18. The lowest BCUT2D eigenvalue weighted by Crippen LogP contribution is -2.21. The number of pyridine rings is 1. The van der Waals surface area contributed by atoms with Gasteiger partial charge < -0.3 is 10.6 Å². The summed E-state index contributed by atoms with van der Waals surface area (Å²) in [6.07, 6.45) is 2.74. The molecule has 0 radical (unpaired) electrons. The highest BCUT2D eigenvalue weighted by Crippen LogP contribution is 2.13. The molecule has 0 amide bonds. The van der Waals surface area contributed by atoms with Crippen molar-refractivity contribution >= 4 is 22.9 Å². The van der Waals surface area contributed by atoms with E-state index < -0.39 is 0 Å². The Hall–Kier alpha value is -1.94. The molecule has 2 N–H and O–H groups in total. The molecule has 4 heteroatoms. The van der Waals surface area contributed by atoms with Gasteiger partial charge in [0.25, 0.3) is 0 Å². The molecule has 0 unspecified atom stereocenters. The first kappa shape index (κ1) is 13.5. The number of hydrogen-bond donors (Lipinski definition) is 1. The van der Waals surface area contributed by atoms with Crippen LogP contribution in [0.25, 0.3) is 0 Å². The van der Waals surface area contributed by atoms with Gasteiger partial charge in [0.2, 0.25) is 0 Å². The molecule has 0 aliphatic carbocycles. The Kier molecular flexibility index (Phi) is 4.47. The highest BCUT2D eigenvalue weighted by Gasteiger charge is 2.04. The largest absolute Gasteiger partial charge is 0.388 e. The number of rotatable bonds is 5. The van der Waals surface area contributed by atoms with Crippen LogP contribution in [-0.4, -0.2) is 23.6 Å². The third kappa shape index (κ3) is 3.76. The SMILES string of the molecule is CN(CCc1ccccc1)c1ccnc(C(N)=S)c1. The van der Waals surface area contributed by atoms with E-state index in [1.807, 2.05) is 18.2 Å². The van der Waals surface area contributed by atoms with E-state index in [1.54, 1.807) is 6.20 Å². The summed E-state index contributed by atoms with van der Waals surface area (Å²) in [6, 6.07) is 14.3. The predicted octanol–water partition coefficient (Wildman–Crippen LogP) is 2.39. The maximum Gasteiger partial charge on any atom is 0.122 e. The van der Waals surface area contributed by atoms with Gasteiger partial charge in [-0.3, -0.25) is 4.98 Å². The van der Waals surface area contributed by atoms with Crippen molar-refractivity contribution in [1.82, 2.24) is 4.98 Å². The fourth-order valence-corrected chi connectivity index (χ4v) is 1.97. The number of anilines is 1. The fourth-order valence-electron chi connectivity index (χ4n) is 1.86.